The van der Waals surface area contributed by atoms with Crippen molar-refractivity contribution in [3.8, 4) is 17.7 Å². The Kier molecular flexibility index (Phi) is 9.52. The second-order valence-corrected chi connectivity index (χ2v) is 8.10. The third kappa shape index (κ3) is 6.85. The summed E-state index contributed by atoms with van der Waals surface area (Å²) in [5, 5.41) is 14.6. The van der Waals surface area contributed by atoms with Crippen molar-refractivity contribution >= 4 is 17.6 Å². The summed E-state index contributed by atoms with van der Waals surface area (Å²) in [6.07, 6.45) is 10.3. The Bertz CT molecular complexity index is 975. The number of likely N-dealkylation sites (tertiary alicyclic amines) is 1. The average Bonchev–Trinajstić information content (AvgIpc) is 2.88. The Morgan fingerprint density at radius 1 is 1.15 bits per heavy atom. The summed E-state index contributed by atoms with van der Waals surface area (Å²) in [6.45, 7) is 2.09. The van der Waals surface area contributed by atoms with E-state index in [1.54, 1.807) is 38.7 Å². The average molecular weight is 465 g/mol. The predicted molar refractivity (Wildman–Crippen MR) is 131 cm³/mol. The van der Waals surface area contributed by atoms with Crippen LogP contribution >= 0.6 is 0 Å². The number of anilines is 1. The molecule has 1 aromatic carbocycles. The zero-order chi connectivity index (χ0) is 24.2. The molecule has 34 heavy (non-hydrogen) atoms. The van der Waals surface area contributed by atoms with Gasteiger partial charge in [0.1, 0.15) is 17.1 Å². The second kappa shape index (κ2) is 13.0. The summed E-state index contributed by atoms with van der Waals surface area (Å²) in [7, 11) is 3.13. The van der Waals surface area contributed by atoms with E-state index < -0.39 is 0 Å². The van der Waals surface area contributed by atoms with Crippen LogP contribution in [0.4, 0.5) is 5.69 Å². The molecule has 180 valence electrons. The zero-order valence-electron chi connectivity index (χ0n) is 19.8. The minimum Gasteiger partial charge on any atom is -0.496 e. The number of carbonyl (C=O) groups excluding carboxylic acids is 1. The van der Waals surface area contributed by atoms with Gasteiger partial charge in [-0.3, -0.25) is 20.1 Å². The highest BCUT2D eigenvalue weighted by Gasteiger charge is 2.27. The van der Waals surface area contributed by atoms with Crippen LogP contribution in [0.1, 0.15) is 42.5 Å². The molecule has 1 amide bonds. The first-order valence-corrected chi connectivity index (χ1v) is 11.5. The highest BCUT2D eigenvalue weighted by atomic mass is 16.5. The van der Waals surface area contributed by atoms with E-state index in [0.717, 1.165) is 50.9 Å². The van der Waals surface area contributed by atoms with Crippen molar-refractivity contribution in [1.82, 2.24) is 15.2 Å². The summed E-state index contributed by atoms with van der Waals surface area (Å²) < 4.78 is 10.8. The fourth-order valence-electron chi connectivity index (χ4n) is 4.12. The number of benzene rings is 1. The summed E-state index contributed by atoms with van der Waals surface area (Å²) in [5.41, 5.74) is 1.31. The lowest BCUT2D eigenvalue weighted by Gasteiger charge is -2.32. The van der Waals surface area contributed by atoms with Gasteiger partial charge in [0.25, 0.3) is 5.91 Å². The van der Waals surface area contributed by atoms with E-state index in [9.17, 15) is 4.79 Å². The number of methoxy groups -OCH3 is 2. The molecule has 2 N–H and O–H groups in total. The number of aliphatic imine (C=N–C) groups is 1. The monoisotopic (exact) mass is 464 g/mol. The number of guanidine groups is 1. The van der Waals surface area contributed by atoms with Crippen LogP contribution in [0.2, 0.25) is 0 Å². The van der Waals surface area contributed by atoms with Crippen LogP contribution in [0.15, 0.2) is 47.7 Å². The van der Waals surface area contributed by atoms with E-state index in [4.69, 9.17) is 14.7 Å². The van der Waals surface area contributed by atoms with Crippen molar-refractivity contribution in [2.45, 2.75) is 32.1 Å². The molecule has 0 spiro atoms. The number of nitrogens with zero attached hydrogens (tertiary/aromatic N) is 4. The number of pyridine rings is 1. The third-order valence-corrected chi connectivity index (χ3v) is 5.95. The van der Waals surface area contributed by atoms with E-state index in [1.165, 1.54) is 0 Å². The number of ether oxygens (including phenoxy) is 2. The summed E-state index contributed by atoms with van der Waals surface area (Å²) >= 11 is 0. The number of rotatable bonds is 9. The number of hydrogen-bond donors (Lipinski definition) is 2. The zero-order valence-corrected chi connectivity index (χ0v) is 19.8. The molecule has 0 unspecified atom stereocenters. The van der Waals surface area contributed by atoms with Gasteiger partial charge in [-0.15, -0.1) is 0 Å². The van der Waals surface area contributed by atoms with Gasteiger partial charge in [-0.05, 0) is 49.4 Å². The predicted octanol–water partition coefficient (Wildman–Crippen LogP) is 3.66. The van der Waals surface area contributed by atoms with Crippen LogP contribution in [0.5, 0.6) is 11.5 Å². The lowest BCUT2D eigenvalue weighted by molar-refractivity contribution is 0.0679. The van der Waals surface area contributed by atoms with Crippen molar-refractivity contribution in [3.05, 3.63) is 48.3 Å². The number of carbonyl (C=O) groups is 1. The van der Waals surface area contributed by atoms with Crippen LogP contribution in [0, 0.1) is 17.4 Å². The largest absolute Gasteiger partial charge is 0.496 e. The number of nitriles is 1. The normalized spacial score (nSPS) is 14.3. The van der Waals surface area contributed by atoms with Crippen molar-refractivity contribution in [2.75, 3.05) is 39.2 Å². The van der Waals surface area contributed by atoms with Crippen LogP contribution < -0.4 is 20.1 Å². The fourth-order valence-corrected chi connectivity index (χ4v) is 4.12. The van der Waals surface area contributed by atoms with Crippen molar-refractivity contribution in [2.24, 2.45) is 10.9 Å². The Balaban J connectivity index is 1.42. The fraction of sp³-hybridized carbons (Fsp3) is 0.440. The molecule has 1 saturated heterocycles. The van der Waals surface area contributed by atoms with Gasteiger partial charge in [-0.2, -0.15) is 5.26 Å². The van der Waals surface area contributed by atoms with Crippen molar-refractivity contribution in [3.63, 3.8) is 0 Å². The maximum Gasteiger partial charge on any atom is 0.261 e. The molecular formula is C25H32N6O3. The topological polar surface area (TPSA) is 112 Å². The quantitative estimate of drug-likeness (QED) is 0.191. The van der Waals surface area contributed by atoms with Crippen molar-refractivity contribution < 1.29 is 14.3 Å². The molecule has 1 aliphatic rings. The van der Waals surface area contributed by atoms with Gasteiger partial charge in [0.15, 0.2) is 6.19 Å². The highest BCUT2D eigenvalue weighted by molar-refractivity contribution is 5.99. The van der Waals surface area contributed by atoms with Gasteiger partial charge in [-0.25, -0.2) is 0 Å². The maximum absolute atomic E-state index is 13.1. The molecular weight excluding hydrogens is 432 g/mol. The van der Waals surface area contributed by atoms with Gasteiger partial charge in [0, 0.05) is 37.7 Å². The highest BCUT2D eigenvalue weighted by Crippen LogP contribution is 2.31. The number of unbranched alkanes of at least 4 members (excludes halogenated alkanes) is 1. The molecule has 2 aromatic rings. The van der Waals surface area contributed by atoms with Gasteiger partial charge in [0.05, 0.1) is 14.2 Å². The summed E-state index contributed by atoms with van der Waals surface area (Å²) in [4.78, 5) is 23.5. The Morgan fingerprint density at radius 2 is 1.82 bits per heavy atom. The lowest BCUT2D eigenvalue weighted by atomic mass is 9.91. The van der Waals surface area contributed by atoms with Crippen molar-refractivity contribution in [1.29, 1.82) is 5.26 Å². The molecule has 2 heterocycles. The summed E-state index contributed by atoms with van der Waals surface area (Å²) in [6, 6.07) is 9.02. The van der Waals surface area contributed by atoms with Gasteiger partial charge < -0.3 is 19.7 Å². The SMILES string of the molecule is COc1cccc(OC)c1C(=O)N1CCC(CCCCN=C(NC#N)Nc2ccncc2)CC1. The Morgan fingerprint density at radius 3 is 2.44 bits per heavy atom. The minimum atomic E-state index is -0.0405. The maximum atomic E-state index is 13.1. The Labute approximate surface area is 200 Å². The first kappa shape index (κ1) is 24.8. The minimum absolute atomic E-state index is 0.0405. The van der Waals surface area contributed by atoms with E-state index in [-0.39, 0.29) is 5.91 Å². The molecule has 0 saturated carbocycles. The van der Waals surface area contributed by atoms with Gasteiger partial charge in [-0.1, -0.05) is 18.9 Å². The lowest BCUT2D eigenvalue weighted by Crippen LogP contribution is -2.38. The van der Waals surface area contributed by atoms with E-state index in [0.29, 0.717) is 35.5 Å². The summed E-state index contributed by atoms with van der Waals surface area (Å²) in [5.74, 6) is 2.07. The first-order valence-electron chi connectivity index (χ1n) is 11.5. The molecule has 1 aliphatic heterocycles. The van der Waals surface area contributed by atoms with Crippen LogP contribution in [0.3, 0.4) is 0 Å². The molecule has 0 atom stereocenters. The Hall–Kier alpha value is -3.80. The standard InChI is InChI=1S/C25H32N6O3/c1-33-21-7-5-8-22(34-2)23(21)24(32)31-16-11-19(12-17-31)6-3-4-13-28-25(29-18-26)30-20-9-14-27-15-10-20/h5,7-10,14-15,19H,3-4,6,11-13,16-17H2,1-2H3,(H2,27,28,29,30). The molecule has 3 rings (SSSR count). The molecule has 9 nitrogen and oxygen atoms in total. The molecule has 0 aliphatic carbocycles. The molecule has 0 radical (unpaired) electrons. The molecule has 9 heteroatoms. The number of hydrogen-bond acceptors (Lipinski definition) is 6. The molecule has 1 fully saturated rings. The van der Waals surface area contributed by atoms with Gasteiger partial charge >= 0.3 is 0 Å². The number of piperidine rings is 1. The number of nitrogens with one attached hydrogen (secondary N) is 2. The van der Waals surface area contributed by atoms with E-state index >= 15 is 0 Å². The van der Waals surface area contributed by atoms with E-state index in [1.807, 2.05) is 29.3 Å². The van der Waals surface area contributed by atoms with Crippen LogP contribution in [-0.4, -0.2) is 55.6 Å². The number of aromatic nitrogens is 1. The van der Waals surface area contributed by atoms with E-state index in [2.05, 4.69) is 20.6 Å². The number of amides is 1. The molecule has 1 aromatic heterocycles. The third-order valence-electron chi connectivity index (χ3n) is 5.95. The van der Waals surface area contributed by atoms with Crippen LogP contribution in [-0.2, 0) is 0 Å². The first-order chi connectivity index (χ1) is 16.7. The second-order valence-electron chi connectivity index (χ2n) is 8.10. The van der Waals surface area contributed by atoms with Gasteiger partial charge in [0.2, 0.25) is 5.96 Å². The molecule has 0 bridgehead atoms. The van der Waals surface area contributed by atoms with Crippen LogP contribution in [0.25, 0.3) is 0 Å². The smallest absolute Gasteiger partial charge is 0.261 e.